The summed E-state index contributed by atoms with van der Waals surface area (Å²) in [5, 5.41) is -0.0341. The molecule has 1 aromatic rings. The van der Waals surface area contributed by atoms with E-state index in [1.807, 2.05) is 12.1 Å². The predicted octanol–water partition coefficient (Wildman–Crippen LogP) is 6.50. The summed E-state index contributed by atoms with van der Waals surface area (Å²) in [6.07, 6.45) is 8.63. The zero-order valence-electron chi connectivity index (χ0n) is 13.3. The van der Waals surface area contributed by atoms with Gasteiger partial charge >= 0.3 is 0 Å². The molecule has 0 amide bonds. The molecule has 0 heterocycles. The summed E-state index contributed by atoms with van der Waals surface area (Å²) in [7, 11) is 3.33. The number of halogens is 2. The Balaban J connectivity index is 2.58. The number of hydrogen-bond acceptors (Lipinski definition) is 2. The van der Waals surface area contributed by atoms with E-state index in [1.54, 1.807) is 14.2 Å². The lowest BCUT2D eigenvalue weighted by Crippen LogP contribution is -1.98. The molecule has 0 aliphatic heterocycles. The normalized spacial score (nSPS) is 12.2. The summed E-state index contributed by atoms with van der Waals surface area (Å²) >= 11 is 10.0. The van der Waals surface area contributed by atoms with E-state index in [0.29, 0.717) is 0 Å². The van der Waals surface area contributed by atoms with Gasteiger partial charge in [-0.2, -0.15) is 0 Å². The maximum absolute atomic E-state index is 6.56. The molecule has 0 spiro atoms. The number of ether oxygens (including phenoxy) is 2. The largest absolute Gasteiger partial charge is 0.496 e. The van der Waals surface area contributed by atoms with Gasteiger partial charge in [0.2, 0.25) is 0 Å². The molecule has 0 fully saturated rings. The van der Waals surface area contributed by atoms with Gasteiger partial charge in [0.15, 0.2) is 0 Å². The second-order valence-corrected chi connectivity index (χ2v) is 6.63. The van der Waals surface area contributed by atoms with Gasteiger partial charge in [-0.3, -0.25) is 0 Å². The molecule has 0 radical (unpaired) electrons. The van der Waals surface area contributed by atoms with E-state index in [9.17, 15) is 0 Å². The van der Waals surface area contributed by atoms with E-state index >= 15 is 0 Å². The van der Waals surface area contributed by atoms with E-state index in [-0.39, 0.29) is 5.38 Å². The first-order valence-corrected chi connectivity index (χ1v) is 8.92. The maximum atomic E-state index is 6.56. The Labute approximate surface area is 142 Å². The third-order valence-corrected chi connectivity index (χ3v) is 4.73. The van der Waals surface area contributed by atoms with Crippen molar-refractivity contribution in [2.45, 2.75) is 57.2 Å². The molecule has 0 aromatic heterocycles. The summed E-state index contributed by atoms with van der Waals surface area (Å²) in [4.78, 5) is 0. The maximum Gasteiger partial charge on any atom is 0.133 e. The number of unbranched alkanes of at least 4 members (excludes halogenated alkanes) is 5. The third kappa shape index (κ3) is 6.07. The monoisotopic (exact) mass is 376 g/mol. The fraction of sp³-hybridized carbons (Fsp3) is 0.647. The first-order chi connectivity index (χ1) is 10.1. The lowest BCUT2D eigenvalue weighted by molar-refractivity contribution is 0.395. The van der Waals surface area contributed by atoms with E-state index in [2.05, 4.69) is 22.9 Å². The van der Waals surface area contributed by atoms with Crippen LogP contribution in [0.1, 0.15) is 62.8 Å². The molecule has 0 aliphatic rings. The van der Waals surface area contributed by atoms with Crippen molar-refractivity contribution in [3.05, 3.63) is 22.2 Å². The zero-order valence-corrected chi connectivity index (χ0v) is 15.6. The van der Waals surface area contributed by atoms with Crippen LogP contribution in [0.5, 0.6) is 11.5 Å². The van der Waals surface area contributed by atoms with Crippen LogP contribution in [0.15, 0.2) is 16.6 Å². The summed E-state index contributed by atoms with van der Waals surface area (Å²) in [5.74, 6) is 1.60. The van der Waals surface area contributed by atoms with Crippen molar-refractivity contribution in [1.29, 1.82) is 0 Å². The van der Waals surface area contributed by atoms with E-state index in [1.165, 1.54) is 32.1 Å². The van der Waals surface area contributed by atoms with Gasteiger partial charge in [-0.1, -0.05) is 45.4 Å². The molecule has 0 N–H and O–H groups in total. The van der Waals surface area contributed by atoms with Gasteiger partial charge in [0.1, 0.15) is 11.5 Å². The Hall–Kier alpha value is -0.410. The van der Waals surface area contributed by atoms with Crippen LogP contribution in [0.3, 0.4) is 0 Å². The fourth-order valence-electron chi connectivity index (χ4n) is 2.39. The molecule has 2 nitrogen and oxygen atoms in total. The van der Waals surface area contributed by atoms with Crippen LogP contribution < -0.4 is 9.47 Å². The summed E-state index contributed by atoms with van der Waals surface area (Å²) in [5.41, 5.74) is 1.01. The Bertz CT molecular complexity index is 423. The van der Waals surface area contributed by atoms with Crippen molar-refractivity contribution in [3.63, 3.8) is 0 Å². The van der Waals surface area contributed by atoms with Crippen molar-refractivity contribution < 1.29 is 9.47 Å². The topological polar surface area (TPSA) is 18.5 Å². The van der Waals surface area contributed by atoms with Crippen molar-refractivity contribution in [1.82, 2.24) is 0 Å². The van der Waals surface area contributed by atoms with E-state index in [4.69, 9.17) is 21.1 Å². The first-order valence-electron chi connectivity index (χ1n) is 7.69. The molecule has 1 atom stereocenters. The summed E-state index contributed by atoms with van der Waals surface area (Å²) < 4.78 is 11.7. The first kappa shape index (κ1) is 18.6. The molecule has 0 saturated heterocycles. The van der Waals surface area contributed by atoms with Gasteiger partial charge in [-0.05, 0) is 34.5 Å². The average Bonchev–Trinajstić information content (AvgIpc) is 2.50. The molecule has 0 bridgehead atoms. The highest BCUT2D eigenvalue weighted by Crippen LogP contribution is 2.39. The third-order valence-electron chi connectivity index (χ3n) is 3.65. The van der Waals surface area contributed by atoms with Crippen LogP contribution in [-0.4, -0.2) is 14.2 Å². The van der Waals surface area contributed by atoms with Gasteiger partial charge in [-0.25, -0.2) is 0 Å². The minimum absolute atomic E-state index is 0.0341. The Morgan fingerprint density at radius 3 is 2.24 bits per heavy atom. The number of alkyl halides is 1. The lowest BCUT2D eigenvalue weighted by Gasteiger charge is -2.16. The minimum atomic E-state index is -0.0341. The van der Waals surface area contributed by atoms with Gasteiger partial charge in [0, 0.05) is 5.56 Å². The van der Waals surface area contributed by atoms with Crippen LogP contribution in [0.25, 0.3) is 0 Å². The van der Waals surface area contributed by atoms with Gasteiger partial charge < -0.3 is 9.47 Å². The van der Waals surface area contributed by atoms with Crippen LogP contribution in [0.2, 0.25) is 0 Å². The van der Waals surface area contributed by atoms with Gasteiger partial charge in [0.05, 0.1) is 24.1 Å². The molecule has 4 heteroatoms. The fourth-order valence-corrected chi connectivity index (χ4v) is 3.20. The summed E-state index contributed by atoms with van der Waals surface area (Å²) in [6, 6.07) is 3.89. The van der Waals surface area contributed by atoms with Gasteiger partial charge in [0.25, 0.3) is 0 Å². The van der Waals surface area contributed by atoms with Gasteiger partial charge in [-0.15, -0.1) is 11.6 Å². The standard InChI is InChI=1S/C17H26BrClO2/c1-4-5-6-7-8-9-10-15(19)13-11-17(21-3)14(18)12-16(13)20-2/h11-12,15H,4-10H2,1-3H3. The molecule has 21 heavy (non-hydrogen) atoms. The number of rotatable bonds is 10. The molecule has 1 unspecified atom stereocenters. The van der Waals surface area contributed by atoms with Crippen LogP contribution in [0, 0.1) is 0 Å². The highest BCUT2D eigenvalue weighted by Gasteiger charge is 2.16. The lowest BCUT2D eigenvalue weighted by atomic mass is 10.0. The highest BCUT2D eigenvalue weighted by molar-refractivity contribution is 9.10. The Kier molecular flexibility index (Phi) is 9.18. The SMILES string of the molecule is CCCCCCCCC(Cl)c1cc(OC)c(Br)cc1OC. The number of hydrogen-bond donors (Lipinski definition) is 0. The zero-order chi connectivity index (χ0) is 15.7. The molecular weight excluding hydrogens is 352 g/mol. The Morgan fingerprint density at radius 2 is 1.62 bits per heavy atom. The molecule has 0 saturated carbocycles. The van der Waals surface area contributed by atoms with Crippen LogP contribution in [0.4, 0.5) is 0 Å². The molecular formula is C17H26BrClO2. The second kappa shape index (κ2) is 10.3. The van der Waals surface area contributed by atoms with Crippen LogP contribution in [-0.2, 0) is 0 Å². The Morgan fingerprint density at radius 1 is 1.00 bits per heavy atom. The molecule has 120 valence electrons. The second-order valence-electron chi connectivity index (χ2n) is 5.25. The van der Waals surface area contributed by atoms with E-state index in [0.717, 1.165) is 34.4 Å². The number of benzene rings is 1. The van der Waals surface area contributed by atoms with Crippen molar-refractivity contribution in [2.24, 2.45) is 0 Å². The smallest absolute Gasteiger partial charge is 0.133 e. The van der Waals surface area contributed by atoms with Crippen molar-refractivity contribution in [3.8, 4) is 11.5 Å². The highest BCUT2D eigenvalue weighted by atomic mass is 79.9. The average molecular weight is 378 g/mol. The predicted molar refractivity (Wildman–Crippen MR) is 93.8 cm³/mol. The summed E-state index contributed by atoms with van der Waals surface area (Å²) in [6.45, 7) is 2.24. The number of methoxy groups -OCH3 is 2. The van der Waals surface area contributed by atoms with Crippen LogP contribution >= 0.6 is 27.5 Å². The molecule has 1 aromatic carbocycles. The van der Waals surface area contributed by atoms with Crippen molar-refractivity contribution in [2.75, 3.05) is 14.2 Å². The molecule has 1 rings (SSSR count). The van der Waals surface area contributed by atoms with E-state index < -0.39 is 0 Å². The minimum Gasteiger partial charge on any atom is -0.496 e. The van der Waals surface area contributed by atoms with Crippen molar-refractivity contribution >= 4 is 27.5 Å². The molecule has 0 aliphatic carbocycles. The quantitative estimate of drug-likeness (QED) is 0.342.